The summed E-state index contributed by atoms with van der Waals surface area (Å²) in [4.78, 5) is 11.4. The van der Waals surface area contributed by atoms with E-state index in [9.17, 15) is 4.79 Å². The van der Waals surface area contributed by atoms with Crippen LogP contribution >= 0.6 is 11.6 Å². The monoisotopic (exact) mass is 276 g/mol. The first-order valence-electron chi connectivity index (χ1n) is 5.76. The molecule has 0 amide bonds. The van der Waals surface area contributed by atoms with Gasteiger partial charge in [-0.15, -0.1) is 0 Å². The van der Waals surface area contributed by atoms with Gasteiger partial charge in [-0.1, -0.05) is 36.4 Å². The molecule has 0 aromatic heterocycles. The largest absolute Gasteiger partial charge is 0.493 e. The van der Waals surface area contributed by atoms with Crippen molar-refractivity contribution in [1.29, 1.82) is 0 Å². The first-order valence-corrected chi connectivity index (χ1v) is 6.13. The van der Waals surface area contributed by atoms with Crippen LogP contribution in [0.4, 0.5) is 0 Å². The average Bonchev–Trinajstić information content (AvgIpc) is 2.45. The Kier molecular flexibility index (Phi) is 4.42. The van der Waals surface area contributed by atoms with Crippen LogP contribution < -0.4 is 9.47 Å². The highest BCUT2D eigenvalue weighted by atomic mass is 35.5. The van der Waals surface area contributed by atoms with Crippen molar-refractivity contribution in [2.45, 2.75) is 6.61 Å². The highest BCUT2D eigenvalue weighted by molar-refractivity contribution is 6.68. The van der Waals surface area contributed by atoms with Crippen molar-refractivity contribution in [1.82, 2.24) is 0 Å². The van der Waals surface area contributed by atoms with Crippen LogP contribution in [0.5, 0.6) is 11.5 Å². The predicted octanol–water partition coefficient (Wildman–Crippen LogP) is 3.65. The number of carbonyl (C=O) groups excluding carboxylic acids is 1. The molecule has 2 aromatic carbocycles. The minimum Gasteiger partial charge on any atom is -0.493 e. The van der Waals surface area contributed by atoms with Crippen LogP contribution in [0.25, 0.3) is 0 Å². The van der Waals surface area contributed by atoms with Gasteiger partial charge in [0.05, 0.1) is 12.7 Å². The number of hydrogen-bond acceptors (Lipinski definition) is 3. The molecule has 0 saturated carbocycles. The third-order valence-electron chi connectivity index (χ3n) is 2.64. The molecule has 0 heterocycles. The molecular weight excluding hydrogens is 264 g/mol. The summed E-state index contributed by atoms with van der Waals surface area (Å²) in [6, 6.07) is 14.7. The molecule has 0 unspecified atom stereocenters. The summed E-state index contributed by atoms with van der Waals surface area (Å²) in [5, 5.41) is -0.568. The smallest absolute Gasteiger partial charge is 0.256 e. The molecule has 0 N–H and O–H groups in total. The van der Waals surface area contributed by atoms with Crippen LogP contribution in [0.15, 0.2) is 48.5 Å². The van der Waals surface area contributed by atoms with Gasteiger partial charge in [0.25, 0.3) is 5.24 Å². The van der Waals surface area contributed by atoms with Crippen molar-refractivity contribution in [3.8, 4) is 11.5 Å². The minimum absolute atomic E-state index is 0.303. The average molecular weight is 277 g/mol. The molecule has 98 valence electrons. The van der Waals surface area contributed by atoms with Crippen LogP contribution in [0, 0.1) is 0 Å². The molecule has 0 bridgehead atoms. The fraction of sp³-hybridized carbons (Fsp3) is 0.133. The second kappa shape index (κ2) is 6.25. The number of hydrogen-bond donors (Lipinski definition) is 0. The lowest BCUT2D eigenvalue weighted by molar-refractivity contribution is 0.107. The lowest BCUT2D eigenvalue weighted by atomic mass is 10.2. The maximum Gasteiger partial charge on any atom is 0.256 e. The summed E-state index contributed by atoms with van der Waals surface area (Å²) < 4.78 is 10.9. The maximum atomic E-state index is 11.4. The van der Waals surface area contributed by atoms with Crippen molar-refractivity contribution < 1.29 is 14.3 Å². The first kappa shape index (κ1) is 13.4. The van der Waals surface area contributed by atoms with E-state index in [0.717, 1.165) is 5.56 Å². The lowest BCUT2D eigenvalue weighted by Crippen LogP contribution is -2.02. The van der Waals surface area contributed by atoms with E-state index < -0.39 is 5.24 Å². The number of rotatable bonds is 5. The van der Waals surface area contributed by atoms with E-state index in [0.29, 0.717) is 23.7 Å². The topological polar surface area (TPSA) is 35.5 Å². The third-order valence-corrected chi connectivity index (χ3v) is 2.84. The van der Waals surface area contributed by atoms with Crippen molar-refractivity contribution in [3.05, 3.63) is 59.7 Å². The van der Waals surface area contributed by atoms with E-state index in [1.54, 1.807) is 18.2 Å². The van der Waals surface area contributed by atoms with Gasteiger partial charge in [-0.2, -0.15) is 0 Å². The molecule has 4 heteroatoms. The molecular formula is C15H13ClO3. The van der Waals surface area contributed by atoms with E-state index in [1.165, 1.54) is 7.11 Å². The van der Waals surface area contributed by atoms with E-state index in [1.807, 2.05) is 30.3 Å². The number of methoxy groups -OCH3 is 1. The third kappa shape index (κ3) is 3.26. The molecule has 0 aliphatic heterocycles. The van der Waals surface area contributed by atoms with Gasteiger partial charge in [0, 0.05) is 0 Å². The Balaban J connectivity index is 2.25. The first-order chi connectivity index (χ1) is 9.22. The van der Waals surface area contributed by atoms with E-state index in [4.69, 9.17) is 21.1 Å². The number of benzene rings is 2. The number of carbonyl (C=O) groups is 1. The van der Waals surface area contributed by atoms with Gasteiger partial charge in [-0.05, 0) is 29.3 Å². The number of halogens is 1. The summed E-state index contributed by atoms with van der Waals surface area (Å²) in [6.45, 7) is 0.346. The Morgan fingerprint density at radius 3 is 2.47 bits per heavy atom. The van der Waals surface area contributed by atoms with Crippen LogP contribution in [0.3, 0.4) is 0 Å². The fourth-order valence-electron chi connectivity index (χ4n) is 1.71. The van der Waals surface area contributed by atoms with Crippen LogP contribution in [-0.2, 0) is 6.61 Å². The van der Waals surface area contributed by atoms with Gasteiger partial charge in [-0.25, -0.2) is 0 Å². The van der Waals surface area contributed by atoms with Crippen molar-refractivity contribution in [2.24, 2.45) is 0 Å². The molecule has 19 heavy (non-hydrogen) atoms. The van der Waals surface area contributed by atoms with Gasteiger partial charge in [0.2, 0.25) is 0 Å². The minimum atomic E-state index is -0.568. The molecule has 3 nitrogen and oxygen atoms in total. The summed E-state index contributed by atoms with van der Waals surface area (Å²) >= 11 is 5.54. The molecule has 0 radical (unpaired) electrons. The SMILES string of the molecule is COc1cccc(C(=O)Cl)c1OCc1ccccc1. The lowest BCUT2D eigenvalue weighted by Gasteiger charge is -2.13. The second-order valence-corrected chi connectivity index (χ2v) is 4.23. The molecule has 0 atom stereocenters. The number of para-hydroxylation sites is 1. The normalized spacial score (nSPS) is 10.0. The van der Waals surface area contributed by atoms with Gasteiger partial charge < -0.3 is 9.47 Å². The van der Waals surface area contributed by atoms with Crippen molar-refractivity contribution in [2.75, 3.05) is 7.11 Å². The standard InChI is InChI=1S/C15H13ClO3/c1-18-13-9-5-8-12(15(16)17)14(13)19-10-11-6-3-2-4-7-11/h2-9H,10H2,1H3. The quantitative estimate of drug-likeness (QED) is 0.782. The Labute approximate surface area is 116 Å². The molecule has 0 aliphatic rings. The highest BCUT2D eigenvalue weighted by Gasteiger charge is 2.15. The van der Waals surface area contributed by atoms with E-state index in [2.05, 4.69) is 0 Å². The summed E-state index contributed by atoms with van der Waals surface area (Å²) in [5.74, 6) is 0.858. The Bertz CT molecular complexity index is 567. The molecule has 0 saturated heterocycles. The summed E-state index contributed by atoms with van der Waals surface area (Å²) in [6.07, 6.45) is 0. The molecule has 0 spiro atoms. The van der Waals surface area contributed by atoms with Gasteiger partial charge in [0.1, 0.15) is 6.61 Å². The maximum absolute atomic E-state index is 11.4. The Morgan fingerprint density at radius 2 is 1.84 bits per heavy atom. The second-order valence-electron chi connectivity index (χ2n) is 3.88. The highest BCUT2D eigenvalue weighted by Crippen LogP contribution is 2.32. The predicted molar refractivity (Wildman–Crippen MR) is 74.0 cm³/mol. The zero-order valence-electron chi connectivity index (χ0n) is 10.4. The Morgan fingerprint density at radius 1 is 1.11 bits per heavy atom. The van der Waals surface area contributed by atoms with Gasteiger partial charge in [-0.3, -0.25) is 4.79 Å². The molecule has 0 aliphatic carbocycles. The molecule has 0 fully saturated rings. The van der Waals surface area contributed by atoms with Crippen LogP contribution in [0.1, 0.15) is 15.9 Å². The van der Waals surface area contributed by atoms with Gasteiger partial charge >= 0.3 is 0 Å². The van der Waals surface area contributed by atoms with Crippen LogP contribution in [-0.4, -0.2) is 12.4 Å². The number of ether oxygens (including phenoxy) is 2. The fourth-order valence-corrected chi connectivity index (χ4v) is 1.86. The van der Waals surface area contributed by atoms with Crippen molar-refractivity contribution >= 4 is 16.8 Å². The Hall–Kier alpha value is -2.00. The summed E-state index contributed by atoms with van der Waals surface area (Å²) in [5.41, 5.74) is 1.30. The molecule has 2 aromatic rings. The zero-order chi connectivity index (χ0) is 13.7. The van der Waals surface area contributed by atoms with Crippen LogP contribution in [0.2, 0.25) is 0 Å². The zero-order valence-corrected chi connectivity index (χ0v) is 11.2. The van der Waals surface area contributed by atoms with Gasteiger partial charge in [0.15, 0.2) is 11.5 Å². The van der Waals surface area contributed by atoms with E-state index >= 15 is 0 Å². The summed E-state index contributed by atoms with van der Waals surface area (Å²) in [7, 11) is 1.52. The molecule has 2 rings (SSSR count). The van der Waals surface area contributed by atoms with E-state index in [-0.39, 0.29) is 0 Å². The van der Waals surface area contributed by atoms with Crippen molar-refractivity contribution in [3.63, 3.8) is 0 Å².